The van der Waals surface area contributed by atoms with E-state index in [1.54, 1.807) is 0 Å². The lowest BCUT2D eigenvalue weighted by molar-refractivity contribution is -0.217. The van der Waals surface area contributed by atoms with Crippen LogP contribution in [0.15, 0.2) is 0 Å². The number of alkyl halides is 1. The molecule has 0 aromatic rings. The average molecular weight is 424 g/mol. The Kier molecular flexibility index (Phi) is 12.4. The van der Waals surface area contributed by atoms with Crippen LogP contribution in [0.1, 0.15) is 154 Å². The van der Waals surface area contributed by atoms with E-state index in [2.05, 4.69) is 0 Å². The Morgan fingerprint density at radius 1 is 0.567 bits per heavy atom. The van der Waals surface area contributed by atoms with Crippen LogP contribution < -0.4 is 5.73 Å². The first-order valence-electron chi connectivity index (χ1n) is 13.5. The number of nitrogens with two attached hydrogens (primary N) is 1. The lowest BCUT2D eigenvalue weighted by Gasteiger charge is -2.66. The molecule has 0 aromatic carbocycles. The van der Waals surface area contributed by atoms with E-state index in [1.165, 1.54) is 116 Å². The van der Waals surface area contributed by atoms with Gasteiger partial charge in [-0.3, -0.25) is 4.79 Å². The molecule has 3 saturated carbocycles. The van der Waals surface area contributed by atoms with Crippen molar-refractivity contribution in [2.75, 3.05) is 0 Å². The van der Waals surface area contributed by atoms with E-state index in [-0.39, 0.29) is 5.91 Å². The zero-order chi connectivity index (χ0) is 21.5. The van der Waals surface area contributed by atoms with Gasteiger partial charge in [0.15, 0.2) is 0 Å². The Morgan fingerprint density at radius 2 is 0.867 bits per heavy atom. The van der Waals surface area contributed by atoms with E-state index in [1.807, 2.05) is 0 Å². The van der Waals surface area contributed by atoms with Crippen LogP contribution in [0, 0.1) is 5.41 Å². The quantitative estimate of drug-likeness (QED) is 0.174. The van der Waals surface area contributed by atoms with Gasteiger partial charge >= 0.3 is 0 Å². The number of hydrogen-bond donors (Lipinski definition) is 1. The largest absolute Gasteiger partial charge is 0.370 e. The van der Waals surface area contributed by atoms with E-state index >= 15 is 0 Å². The Morgan fingerprint density at radius 3 is 1.17 bits per heavy atom. The molecular formula is C27H50FNO. The van der Waals surface area contributed by atoms with E-state index in [0.717, 1.165) is 32.1 Å². The molecule has 3 aliphatic carbocycles. The lowest BCUT2D eigenvalue weighted by atomic mass is 9.41. The third-order valence-corrected chi connectivity index (χ3v) is 7.71. The predicted molar refractivity (Wildman–Crippen MR) is 126 cm³/mol. The van der Waals surface area contributed by atoms with Gasteiger partial charge in [-0.05, 0) is 37.5 Å². The molecule has 3 aliphatic rings. The van der Waals surface area contributed by atoms with Crippen molar-refractivity contribution in [1.82, 2.24) is 0 Å². The molecule has 3 rings (SSSR count). The highest BCUT2D eigenvalue weighted by Gasteiger charge is 2.68. The van der Waals surface area contributed by atoms with Crippen LogP contribution in [0.3, 0.4) is 0 Å². The molecule has 176 valence electrons. The average Bonchev–Trinajstić information content (AvgIpc) is 2.66. The summed E-state index contributed by atoms with van der Waals surface area (Å²) >= 11 is 0. The van der Waals surface area contributed by atoms with Gasteiger partial charge in [0, 0.05) is 6.42 Å². The molecule has 0 aromatic heterocycles. The summed E-state index contributed by atoms with van der Waals surface area (Å²) in [6.07, 6.45) is 30.3. The van der Waals surface area contributed by atoms with Crippen molar-refractivity contribution >= 4 is 5.91 Å². The minimum Gasteiger partial charge on any atom is -0.370 e. The fourth-order valence-electron chi connectivity index (χ4n) is 5.93. The molecule has 0 aliphatic heterocycles. The van der Waals surface area contributed by atoms with Gasteiger partial charge in [-0.25, -0.2) is 4.39 Å². The minimum atomic E-state index is -0.699. The monoisotopic (exact) mass is 423 g/mol. The van der Waals surface area contributed by atoms with Gasteiger partial charge in [0.25, 0.3) is 0 Å². The number of carbonyl (C=O) groups excluding carboxylic acids is 1. The van der Waals surface area contributed by atoms with Crippen LogP contribution in [0.4, 0.5) is 4.39 Å². The Labute approximate surface area is 186 Å². The molecule has 0 radical (unpaired) electrons. The molecule has 2 nitrogen and oxygen atoms in total. The van der Waals surface area contributed by atoms with Crippen LogP contribution in [0.2, 0.25) is 0 Å². The summed E-state index contributed by atoms with van der Waals surface area (Å²) in [5.74, 6) is -0.157. The third-order valence-electron chi connectivity index (χ3n) is 7.71. The molecule has 0 heterocycles. The molecular weight excluding hydrogens is 373 g/mol. The van der Waals surface area contributed by atoms with Gasteiger partial charge in [0.1, 0.15) is 5.67 Å². The molecule has 30 heavy (non-hydrogen) atoms. The Hall–Kier alpha value is -0.600. The first-order chi connectivity index (χ1) is 14.5. The Bertz CT molecular complexity index is 444. The molecule has 2 N–H and O–H groups in total. The summed E-state index contributed by atoms with van der Waals surface area (Å²) in [5.41, 5.74) is 4.92. The molecule has 3 fully saturated rings. The molecule has 0 saturated heterocycles. The number of rotatable bonds is 22. The predicted octanol–water partition coefficient (Wildman–Crippen LogP) is 8.56. The van der Waals surface area contributed by atoms with Gasteiger partial charge in [-0.2, -0.15) is 0 Å². The number of halogens is 1. The number of carbonyl (C=O) groups is 1. The number of primary amides is 1. The molecule has 0 atom stereocenters. The fourth-order valence-corrected chi connectivity index (χ4v) is 5.93. The lowest BCUT2D eigenvalue weighted by Crippen LogP contribution is -2.64. The van der Waals surface area contributed by atoms with Crippen molar-refractivity contribution < 1.29 is 9.18 Å². The van der Waals surface area contributed by atoms with Gasteiger partial charge in [0.05, 0.1) is 0 Å². The molecule has 1 amide bonds. The SMILES string of the molecule is NC(=O)CCCCCCCCCCCCCCCCCCCCCC12CC(F)(C1)C2. The van der Waals surface area contributed by atoms with Crippen molar-refractivity contribution in [2.45, 2.75) is 160 Å². The second-order valence-electron chi connectivity index (χ2n) is 10.9. The van der Waals surface area contributed by atoms with Crippen LogP contribution in [0.25, 0.3) is 0 Å². The minimum absolute atomic E-state index is 0.157. The Balaban J connectivity index is 1.17. The van der Waals surface area contributed by atoms with Crippen LogP contribution in [0.5, 0.6) is 0 Å². The van der Waals surface area contributed by atoms with Crippen LogP contribution in [-0.2, 0) is 4.79 Å². The van der Waals surface area contributed by atoms with E-state index < -0.39 is 5.67 Å². The maximum Gasteiger partial charge on any atom is 0.217 e. The van der Waals surface area contributed by atoms with Crippen molar-refractivity contribution in [3.8, 4) is 0 Å². The van der Waals surface area contributed by atoms with Gasteiger partial charge in [-0.1, -0.05) is 116 Å². The highest BCUT2D eigenvalue weighted by molar-refractivity contribution is 5.73. The molecule has 3 heteroatoms. The second-order valence-corrected chi connectivity index (χ2v) is 10.9. The van der Waals surface area contributed by atoms with Crippen LogP contribution >= 0.6 is 0 Å². The summed E-state index contributed by atoms with van der Waals surface area (Å²) in [5, 5.41) is 0. The summed E-state index contributed by atoms with van der Waals surface area (Å²) in [6, 6.07) is 0. The van der Waals surface area contributed by atoms with Crippen molar-refractivity contribution in [3.05, 3.63) is 0 Å². The van der Waals surface area contributed by atoms with Crippen LogP contribution in [-0.4, -0.2) is 11.6 Å². The molecule has 2 bridgehead atoms. The van der Waals surface area contributed by atoms with Crippen molar-refractivity contribution in [2.24, 2.45) is 11.1 Å². The fraction of sp³-hybridized carbons (Fsp3) is 0.963. The van der Waals surface area contributed by atoms with Crippen molar-refractivity contribution in [1.29, 1.82) is 0 Å². The summed E-state index contributed by atoms with van der Waals surface area (Å²) in [4.78, 5) is 10.6. The van der Waals surface area contributed by atoms with Gasteiger partial charge < -0.3 is 5.73 Å². The summed E-state index contributed by atoms with van der Waals surface area (Å²) < 4.78 is 13.5. The standard InChI is InChI=1S/C27H50FNO/c28-27-22-26(23-27,24-27)21-19-17-15-13-11-9-7-5-3-1-2-4-6-8-10-12-14-16-18-20-25(29)30/h1-24H2,(H2,29,30). The third kappa shape index (κ3) is 10.6. The van der Waals surface area contributed by atoms with E-state index in [4.69, 9.17) is 5.73 Å². The van der Waals surface area contributed by atoms with E-state index in [9.17, 15) is 9.18 Å². The maximum atomic E-state index is 13.5. The topological polar surface area (TPSA) is 43.1 Å². The summed E-state index contributed by atoms with van der Waals surface area (Å²) in [6.45, 7) is 0. The first-order valence-corrected chi connectivity index (χ1v) is 13.5. The molecule has 0 unspecified atom stereocenters. The number of hydrogen-bond acceptors (Lipinski definition) is 1. The molecule has 0 spiro atoms. The maximum absolute atomic E-state index is 13.5. The van der Waals surface area contributed by atoms with Gasteiger partial charge in [0.2, 0.25) is 5.91 Å². The number of amides is 1. The highest BCUT2D eigenvalue weighted by Crippen LogP contribution is 2.71. The van der Waals surface area contributed by atoms with E-state index in [0.29, 0.717) is 11.8 Å². The zero-order valence-electron chi connectivity index (χ0n) is 19.8. The first kappa shape index (κ1) is 25.7. The normalized spacial score (nSPS) is 24.4. The van der Waals surface area contributed by atoms with Gasteiger partial charge in [-0.15, -0.1) is 0 Å². The number of unbranched alkanes of at least 4 members (excludes halogenated alkanes) is 18. The second kappa shape index (κ2) is 14.5. The smallest absolute Gasteiger partial charge is 0.217 e. The van der Waals surface area contributed by atoms with Crippen molar-refractivity contribution in [3.63, 3.8) is 0 Å². The zero-order valence-corrected chi connectivity index (χ0v) is 19.8. The highest BCUT2D eigenvalue weighted by atomic mass is 19.1. The summed E-state index contributed by atoms with van der Waals surface area (Å²) in [7, 11) is 0.